The van der Waals surface area contributed by atoms with Gasteiger partial charge < -0.3 is 4.74 Å². The van der Waals surface area contributed by atoms with Crippen LogP contribution in [0.2, 0.25) is 0 Å². The molecule has 0 aromatic rings. The second-order valence-electron chi connectivity index (χ2n) is 11.5. The zero-order valence-electron chi connectivity index (χ0n) is 24.5. The summed E-state index contributed by atoms with van der Waals surface area (Å²) in [5.41, 5.74) is 0. The predicted molar refractivity (Wildman–Crippen MR) is 156 cm³/mol. The molecule has 0 saturated heterocycles. The number of ether oxygens (including phenoxy) is 1. The standard InChI is InChI=1S/C33H68O/c1-4-30-33(2)31-28-26-24-22-20-18-16-14-12-10-8-6-5-7-9-11-13-15-17-19-21-23-25-27-29-32-34-3/h33H,4-32H2,1-3H3. The van der Waals surface area contributed by atoms with Crippen LogP contribution >= 0.6 is 0 Å². The molecule has 0 bridgehead atoms. The van der Waals surface area contributed by atoms with Crippen LogP contribution < -0.4 is 0 Å². The van der Waals surface area contributed by atoms with Gasteiger partial charge in [0.15, 0.2) is 0 Å². The van der Waals surface area contributed by atoms with Crippen LogP contribution in [0.3, 0.4) is 0 Å². The first-order valence-corrected chi connectivity index (χ1v) is 16.3. The summed E-state index contributed by atoms with van der Waals surface area (Å²) >= 11 is 0. The van der Waals surface area contributed by atoms with Crippen LogP contribution in [0.4, 0.5) is 0 Å². The first kappa shape index (κ1) is 34.0. The van der Waals surface area contributed by atoms with Crippen LogP contribution in [-0.4, -0.2) is 13.7 Å². The maximum atomic E-state index is 5.10. The third-order valence-corrected chi connectivity index (χ3v) is 7.83. The lowest BCUT2D eigenvalue weighted by atomic mass is 9.98. The molecule has 0 aliphatic heterocycles. The second kappa shape index (κ2) is 31.0. The molecule has 1 heteroatoms. The summed E-state index contributed by atoms with van der Waals surface area (Å²) in [5, 5.41) is 0. The van der Waals surface area contributed by atoms with Crippen molar-refractivity contribution in [2.24, 2.45) is 5.92 Å². The van der Waals surface area contributed by atoms with Crippen molar-refractivity contribution in [3.05, 3.63) is 0 Å². The Bertz CT molecular complexity index is 339. The molecule has 0 saturated carbocycles. The topological polar surface area (TPSA) is 9.23 Å². The summed E-state index contributed by atoms with van der Waals surface area (Å²) in [6.07, 6.45) is 40.8. The molecule has 0 N–H and O–H groups in total. The normalized spacial score (nSPS) is 12.4. The lowest BCUT2D eigenvalue weighted by Crippen LogP contribution is -1.93. The number of hydrogen-bond donors (Lipinski definition) is 0. The maximum absolute atomic E-state index is 5.10. The molecule has 0 aromatic heterocycles. The molecule has 0 aromatic carbocycles. The lowest BCUT2D eigenvalue weighted by molar-refractivity contribution is 0.192. The Morgan fingerprint density at radius 2 is 0.647 bits per heavy atom. The molecule has 0 radical (unpaired) electrons. The van der Waals surface area contributed by atoms with Gasteiger partial charge in [-0.25, -0.2) is 0 Å². The SMILES string of the molecule is CCCC(C)CCCCCCCCCCCCCCCCCCCCCCCCCCCOC. The average Bonchev–Trinajstić information content (AvgIpc) is 2.83. The van der Waals surface area contributed by atoms with Crippen molar-refractivity contribution in [3.8, 4) is 0 Å². The van der Waals surface area contributed by atoms with Crippen LogP contribution in [0.25, 0.3) is 0 Å². The van der Waals surface area contributed by atoms with E-state index in [1.807, 2.05) is 7.11 Å². The molecule has 1 unspecified atom stereocenters. The minimum absolute atomic E-state index is 0.944. The van der Waals surface area contributed by atoms with Crippen LogP contribution in [-0.2, 0) is 4.74 Å². The maximum Gasteiger partial charge on any atom is 0.0462 e. The molecule has 0 rings (SSSR count). The second-order valence-corrected chi connectivity index (χ2v) is 11.5. The van der Waals surface area contributed by atoms with Crippen molar-refractivity contribution < 1.29 is 4.74 Å². The molecule has 0 aliphatic carbocycles. The van der Waals surface area contributed by atoms with Gasteiger partial charge in [0.05, 0.1) is 0 Å². The highest BCUT2D eigenvalue weighted by Crippen LogP contribution is 2.17. The van der Waals surface area contributed by atoms with Crippen LogP contribution in [0.5, 0.6) is 0 Å². The van der Waals surface area contributed by atoms with E-state index in [9.17, 15) is 0 Å². The van der Waals surface area contributed by atoms with Crippen LogP contribution in [0.15, 0.2) is 0 Å². The lowest BCUT2D eigenvalue weighted by Gasteiger charge is -2.09. The van der Waals surface area contributed by atoms with E-state index >= 15 is 0 Å². The average molecular weight is 481 g/mol. The Morgan fingerprint density at radius 1 is 0.382 bits per heavy atom. The Balaban J connectivity index is 3.03. The van der Waals surface area contributed by atoms with Crippen LogP contribution in [0.1, 0.15) is 194 Å². The van der Waals surface area contributed by atoms with Gasteiger partial charge in [-0.15, -0.1) is 0 Å². The van der Waals surface area contributed by atoms with Crippen LogP contribution in [0, 0.1) is 5.92 Å². The van der Waals surface area contributed by atoms with E-state index < -0.39 is 0 Å². The highest BCUT2D eigenvalue weighted by atomic mass is 16.5. The van der Waals surface area contributed by atoms with E-state index in [-0.39, 0.29) is 0 Å². The van der Waals surface area contributed by atoms with Gasteiger partial charge in [-0.2, -0.15) is 0 Å². The Kier molecular flexibility index (Phi) is 31.0. The number of hydrogen-bond acceptors (Lipinski definition) is 1. The third kappa shape index (κ3) is 30.0. The third-order valence-electron chi connectivity index (χ3n) is 7.83. The van der Waals surface area contributed by atoms with E-state index in [2.05, 4.69) is 13.8 Å². The zero-order chi connectivity index (χ0) is 24.8. The molecule has 34 heavy (non-hydrogen) atoms. The molecular formula is C33H68O. The Labute approximate surface area is 218 Å². The Morgan fingerprint density at radius 3 is 0.912 bits per heavy atom. The molecule has 1 nitrogen and oxygen atoms in total. The number of unbranched alkanes of at least 4 members (excludes halogenated alkanes) is 24. The van der Waals surface area contributed by atoms with Crippen molar-refractivity contribution in [2.75, 3.05) is 13.7 Å². The monoisotopic (exact) mass is 481 g/mol. The van der Waals surface area contributed by atoms with Crippen molar-refractivity contribution in [1.82, 2.24) is 0 Å². The fourth-order valence-corrected chi connectivity index (χ4v) is 5.44. The molecule has 1 atom stereocenters. The minimum atomic E-state index is 0.944. The molecule has 0 heterocycles. The molecule has 0 aliphatic rings. The van der Waals surface area contributed by atoms with E-state index in [1.54, 1.807) is 0 Å². The Hall–Kier alpha value is -0.0400. The van der Waals surface area contributed by atoms with E-state index in [1.165, 1.54) is 180 Å². The molecular weight excluding hydrogens is 412 g/mol. The van der Waals surface area contributed by atoms with Crippen molar-refractivity contribution in [1.29, 1.82) is 0 Å². The fraction of sp³-hybridized carbons (Fsp3) is 1.00. The molecule has 0 spiro atoms. The van der Waals surface area contributed by atoms with Gasteiger partial charge in [-0.1, -0.05) is 187 Å². The van der Waals surface area contributed by atoms with Gasteiger partial charge in [0.1, 0.15) is 0 Å². The highest BCUT2D eigenvalue weighted by Gasteiger charge is 2.00. The summed E-state index contributed by atoms with van der Waals surface area (Å²) in [4.78, 5) is 0. The largest absolute Gasteiger partial charge is 0.385 e. The number of rotatable bonds is 30. The van der Waals surface area contributed by atoms with E-state index in [0.29, 0.717) is 0 Å². The van der Waals surface area contributed by atoms with E-state index in [0.717, 1.165) is 12.5 Å². The van der Waals surface area contributed by atoms with Crippen molar-refractivity contribution in [3.63, 3.8) is 0 Å². The fourth-order valence-electron chi connectivity index (χ4n) is 5.44. The van der Waals surface area contributed by atoms with Gasteiger partial charge in [0.25, 0.3) is 0 Å². The van der Waals surface area contributed by atoms with Gasteiger partial charge in [0, 0.05) is 13.7 Å². The van der Waals surface area contributed by atoms with Crippen molar-refractivity contribution in [2.45, 2.75) is 194 Å². The van der Waals surface area contributed by atoms with Crippen molar-refractivity contribution >= 4 is 0 Å². The first-order chi connectivity index (χ1) is 16.8. The summed E-state index contributed by atoms with van der Waals surface area (Å²) in [7, 11) is 1.81. The molecule has 0 fully saturated rings. The molecule has 0 amide bonds. The minimum Gasteiger partial charge on any atom is -0.385 e. The van der Waals surface area contributed by atoms with Gasteiger partial charge in [-0.3, -0.25) is 0 Å². The molecule has 206 valence electrons. The summed E-state index contributed by atoms with van der Waals surface area (Å²) in [6, 6.07) is 0. The number of methoxy groups -OCH3 is 1. The highest BCUT2D eigenvalue weighted by molar-refractivity contribution is 4.54. The first-order valence-electron chi connectivity index (χ1n) is 16.3. The van der Waals surface area contributed by atoms with Gasteiger partial charge in [0.2, 0.25) is 0 Å². The van der Waals surface area contributed by atoms with Gasteiger partial charge >= 0.3 is 0 Å². The smallest absolute Gasteiger partial charge is 0.0462 e. The summed E-state index contributed by atoms with van der Waals surface area (Å²) < 4.78 is 5.10. The van der Waals surface area contributed by atoms with Gasteiger partial charge in [-0.05, 0) is 12.3 Å². The zero-order valence-corrected chi connectivity index (χ0v) is 24.5. The predicted octanol–water partition coefficient (Wildman–Crippen LogP) is 12.2. The summed E-state index contributed by atoms with van der Waals surface area (Å²) in [5.74, 6) is 0.960. The summed E-state index contributed by atoms with van der Waals surface area (Å²) in [6.45, 7) is 5.69. The quantitative estimate of drug-likeness (QED) is 0.0928. The van der Waals surface area contributed by atoms with E-state index in [4.69, 9.17) is 4.74 Å².